The van der Waals surface area contributed by atoms with Gasteiger partial charge in [-0.2, -0.15) is 0 Å². The zero-order valence-electron chi connectivity index (χ0n) is 9.37. The van der Waals surface area contributed by atoms with Gasteiger partial charge in [-0.15, -0.1) is 0 Å². The van der Waals surface area contributed by atoms with Crippen molar-refractivity contribution in [2.24, 2.45) is 0 Å². The second kappa shape index (κ2) is 4.41. The molecule has 0 spiro atoms. The molecule has 1 saturated heterocycles. The molecule has 2 fully saturated rings. The maximum Gasteiger partial charge on any atom is 0.324 e. The summed E-state index contributed by atoms with van der Waals surface area (Å²) in [5, 5.41) is 12.2. The molecule has 90 valence electrons. The van der Waals surface area contributed by atoms with E-state index in [1.165, 1.54) is 0 Å². The molecule has 1 aliphatic carbocycles. The molecule has 2 N–H and O–H groups in total. The molecule has 1 saturated carbocycles. The van der Waals surface area contributed by atoms with Gasteiger partial charge in [0, 0.05) is 13.1 Å². The van der Waals surface area contributed by atoms with E-state index in [-0.39, 0.29) is 12.5 Å². The smallest absolute Gasteiger partial charge is 0.324 e. The number of carbonyl (C=O) groups excluding carboxylic acids is 1. The van der Waals surface area contributed by atoms with Crippen molar-refractivity contribution in [3.63, 3.8) is 0 Å². The first-order chi connectivity index (χ1) is 7.65. The monoisotopic (exact) mass is 226 g/mol. The summed E-state index contributed by atoms with van der Waals surface area (Å²) in [4.78, 5) is 24.7. The van der Waals surface area contributed by atoms with Crippen LogP contribution in [0.3, 0.4) is 0 Å². The number of aliphatic carboxylic acids is 1. The van der Waals surface area contributed by atoms with Crippen molar-refractivity contribution in [2.75, 3.05) is 19.6 Å². The first-order valence-electron chi connectivity index (χ1n) is 5.90. The minimum absolute atomic E-state index is 0.0579. The summed E-state index contributed by atoms with van der Waals surface area (Å²) in [6.45, 7) is 1.44. The van der Waals surface area contributed by atoms with Crippen LogP contribution in [-0.2, 0) is 9.59 Å². The van der Waals surface area contributed by atoms with Crippen molar-refractivity contribution in [3.8, 4) is 0 Å². The Morgan fingerprint density at radius 3 is 2.56 bits per heavy atom. The Bertz CT molecular complexity index is 298. The van der Waals surface area contributed by atoms with Gasteiger partial charge >= 0.3 is 5.97 Å². The molecule has 1 heterocycles. The minimum Gasteiger partial charge on any atom is -0.480 e. The predicted molar refractivity (Wildman–Crippen MR) is 58.0 cm³/mol. The summed E-state index contributed by atoms with van der Waals surface area (Å²) < 4.78 is 0. The summed E-state index contributed by atoms with van der Waals surface area (Å²) in [7, 11) is 0. The Hall–Kier alpha value is -1.10. The number of nitrogens with zero attached hydrogens (tertiary/aromatic N) is 1. The van der Waals surface area contributed by atoms with Gasteiger partial charge in [-0.25, -0.2) is 0 Å². The van der Waals surface area contributed by atoms with Gasteiger partial charge < -0.3 is 10.4 Å². The fourth-order valence-electron chi connectivity index (χ4n) is 2.81. The quantitative estimate of drug-likeness (QED) is 0.706. The largest absolute Gasteiger partial charge is 0.480 e. The van der Waals surface area contributed by atoms with E-state index >= 15 is 0 Å². The van der Waals surface area contributed by atoms with Crippen LogP contribution >= 0.6 is 0 Å². The molecule has 2 aliphatic rings. The lowest BCUT2D eigenvalue weighted by Crippen LogP contribution is -2.62. The highest BCUT2D eigenvalue weighted by Gasteiger charge is 2.46. The lowest BCUT2D eigenvalue weighted by atomic mass is 9.80. The van der Waals surface area contributed by atoms with Crippen LogP contribution in [0.15, 0.2) is 0 Å². The standard InChI is InChI=1S/C11H18N2O3/c14-9-8-13(7-6-12-9)11(10(15)16)4-2-1-3-5-11/h1-8H2,(H,12,14)(H,15,16). The third kappa shape index (κ3) is 1.91. The number of carbonyl (C=O) groups is 2. The number of hydrogen-bond donors (Lipinski definition) is 2. The number of carboxylic acids is 1. The van der Waals surface area contributed by atoms with Crippen molar-refractivity contribution in [1.82, 2.24) is 10.2 Å². The zero-order chi connectivity index (χ0) is 11.6. The maximum absolute atomic E-state index is 11.5. The Morgan fingerprint density at radius 1 is 1.31 bits per heavy atom. The highest BCUT2D eigenvalue weighted by molar-refractivity contribution is 5.83. The van der Waals surface area contributed by atoms with Crippen molar-refractivity contribution >= 4 is 11.9 Å². The number of piperazine rings is 1. The molecule has 0 bridgehead atoms. The molecule has 0 aromatic carbocycles. The number of carboxylic acid groups (broad SMARTS) is 1. The summed E-state index contributed by atoms with van der Waals surface area (Å²) in [6, 6.07) is 0. The van der Waals surface area contributed by atoms with E-state index in [9.17, 15) is 14.7 Å². The van der Waals surface area contributed by atoms with Gasteiger partial charge in [-0.3, -0.25) is 14.5 Å². The van der Waals surface area contributed by atoms with Gasteiger partial charge in [0.15, 0.2) is 0 Å². The third-order valence-electron chi connectivity index (χ3n) is 3.72. The highest BCUT2D eigenvalue weighted by Crippen LogP contribution is 2.34. The molecule has 2 rings (SSSR count). The van der Waals surface area contributed by atoms with E-state index in [2.05, 4.69) is 5.32 Å². The molecule has 0 aromatic heterocycles. The lowest BCUT2D eigenvalue weighted by Gasteiger charge is -2.44. The molecule has 0 radical (unpaired) electrons. The summed E-state index contributed by atoms with van der Waals surface area (Å²) in [5.74, 6) is -0.820. The van der Waals surface area contributed by atoms with Gasteiger partial charge in [0.05, 0.1) is 6.54 Å². The number of amides is 1. The van der Waals surface area contributed by atoms with Crippen LogP contribution in [0.25, 0.3) is 0 Å². The van der Waals surface area contributed by atoms with Crippen LogP contribution in [0.4, 0.5) is 0 Å². The summed E-state index contributed by atoms with van der Waals surface area (Å²) >= 11 is 0. The molecular formula is C11H18N2O3. The molecule has 0 unspecified atom stereocenters. The second-order valence-electron chi connectivity index (χ2n) is 4.67. The summed E-state index contributed by atoms with van der Waals surface area (Å²) in [5.41, 5.74) is -0.782. The van der Waals surface area contributed by atoms with Gasteiger partial charge in [-0.05, 0) is 12.8 Å². The molecule has 1 aliphatic heterocycles. The van der Waals surface area contributed by atoms with E-state index in [1.54, 1.807) is 0 Å². The molecule has 5 heteroatoms. The van der Waals surface area contributed by atoms with Gasteiger partial charge in [0.25, 0.3) is 0 Å². The second-order valence-corrected chi connectivity index (χ2v) is 4.67. The summed E-state index contributed by atoms with van der Waals surface area (Å²) in [6.07, 6.45) is 4.36. The Kier molecular flexibility index (Phi) is 3.14. The van der Waals surface area contributed by atoms with Gasteiger partial charge in [-0.1, -0.05) is 19.3 Å². The van der Waals surface area contributed by atoms with Crippen LogP contribution in [0.5, 0.6) is 0 Å². The van der Waals surface area contributed by atoms with E-state index in [0.29, 0.717) is 25.9 Å². The predicted octanol–water partition coefficient (Wildman–Crippen LogP) is 0.206. The molecule has 0 aromatic rings. The topological polar surface area (TPSA) is 69.6 Å². The molecule has 16 heavy (non-hydrogen) atoms. The fourth-order valence-corrected chi connectivity index (χ4v) is 2.81. The molecule has 1 amide bonds. The lowest BCUT2D eigenvalue weighted by molar-refractivity contribution is -0.156. The van der Waals surface area contributed by atoms with E-state index in [4.69, 9.17) is 0 Å². The molecular weight excluding hydrogens is 208 g/mol. The van der Waals surface area contributed by atoms with E-state index in [1.807, 2.05) is 4.90 Å². The Balaban J connectivity index is 2.17. The zero-order valence-corrected chi connectivity index (χ0v) is 9.37. The highest BCUT2D eigenvalue weighted by atomic mass is 16.4. The van der Waals surface area contributed by atoms with Crippen molar-refractivity contribution < 1.29 is 14.7 Å². The van der Waals surface area contributed by atoms with Gasteiger partial charge in [0.1, 0.15) is 5.54 Å². The average Bonchev–Trinajstić information content (AvgIpc) is 2.30. The van der Waals surface area contributed by atoms with Crippen molar-refractivity contribution in [1.29, 1.82) is 0 Å². The van der Waals surface area contributed by atoms with Crippen LogP contribution < -0.4 is 5.32 Å². The van der Waals surface area contributed by atoms with E-state index in [0.717, 1.165) is 19.3 Å². The van der Waals surface area contributed by atoms with Crippen LogP contribution in [0, 0.1) is 0 Å². The average molecular weight is 226 g/mol. The number of rotatable bonds is 2. The Morgan fingerprint density at radius 2 is 2.00 bits per heavy atom. The van der Waals surface area contributed by atoms with Crippen LogP contribution in [0.2, 0.25) is 0 Å². The van der Waals surface area contributed by atoms with Crippen molar-refractivity contribution in [3.05, 3.63) is 0 Å². The Labute approximate surface area is 94.8 Å². The number of nitrogens with one attached hydrogen (secondary N) is 1. The third-order valence-corrected chi connectivity index (χ3v) is 3.72. The van der Waals surface area contributed by atoms with E-state index < -0.39 is 11.5 Å². The first-order valence-corrected chi connectivity index (χ1v) is 5.90. The first kappa shape index (κ1) is 11.4. The SMILES string of the molecule is O=C1CN(C2(C(=O)O)CCCCC2)CCN1. The molecule has 0 atom stereocenters. The van der Waals surface area contributed by atoms with Gasteiger partial charge in [0.2, 0.25) is 5.91 Å². The van der Waals surface area contributed by atoms with Crippen molar-refractivity contribution in [2.45, 2.75) is 37.6 Å². The molecule has 5 nitrogen and oxygen atoms in total. The normalized spacial score (nSPS) is 26.1. The van der Waals surface area contributed by atoms with Crippen LogP contribution in [-0.4, -0.2) is 47.1 Å². The maximum atomic E-state index is 11.5. The fraction of sp³-hybridized carbons (Fsp3) is 0.818. The number of hydrogen-bond acceptors (Lipinski definition) is 3. The van der Waals surface area contributed by atoms with Crippen LogP contribution in [0.1, 0.15) is 32.1 Å². The minimum atomic E-state index is -0.782.